The van der Waals surface area contributed by atoms with Crippen molar-refractivity contribution in [3.8, 4) is 0 Å². The lowest BCUT2D eigenvalue weighted by molar-refractivity contribution is 0.347. The van der Waals surface area contributed by atoms with Gasteiger partial charge in [0.05, 0.1) is 0 Å². The summed E-state index contributed by atoms with van der Waals surface area (Å²) in [5.41, 5.74) is 4.24. The SMILES string of the molecule is C=C(C)C.Cc1ccccc1C1CCC(C)CC1. The van der Waals surface area contributed by atoms with Crippen LogP contribution in [0.2, 0.25) is 0 Å². The van der Waals surface area contributed by atoms with E-state index in [-0.39, 0.29) is 0 Å². The average molecular weight is 244 g/mol. The summed E-state index contributed by atoms with van der Waals surface area (Å²) in [6.07, 6.45) is 5.62. The van der Waals surface area contributed by atoms with Crippen LogP contribution in [0.25, 0.3) is 0 Å². The Bertz CT molecular complexity index is 363. The standard InChI is InChI=1S/C14H20.C4H8/c1-11-7-9-13(10-8-11)14-6-4-3-5-12(14)2;1-4(2)3/h3-6,11,13H,7-10H2,1-2H3;1H2,2-3H3. The number of hydrogen-bond donors (Lipinski definition) is 0. The summed E-state index contributed by atoms with van der Waals surface area (Å²) in [5.74, 6) is 1.79. The third-order valence-electron chi connectivity index (χ3n) is 3.64. The van der Waals surface area contributed by atoms with Gasteiger partial charge in [-0.15, -0.1) is 6.58 Å². The first-order valence-electron chi connectivity index (χ1n) is 7.18. The van der Waals surface area contributed by atoms with E-state index in [4.69, 9.17) is 0 Å². The lowest BCUT2D eigenvalue weighted by atomic mass is 9.78. The van der Waals surface area contributed by atoms with E-state index in [0.717, 1.165) is 11.8 Å². The van der Waals surface area contributed by atoms with Gasteiger partial charge in [0.2, 0.25) is 0 Å². The largest absolute Gasteiger partial charge is 0.100 e. The van der Waals surface area contributed by atoms with Crippen LogP contribution in [-0.4, -0.2) is 0 Å². The van der Waals surface area contributed by atoms with E-state index in [1.54, 1.807) is 5.56 Å². The van der Waals surface area contributed by atoms with Gasteiger partial charge in [-0.1, -0.05) is 49.6 Å². The van der Waals surface area contributed by atoms with E-state index < -0.39 is 0 Å². The predicted molar refractivity (Wildman–Crippen MR) is 82.0 cm³/mol. The maximum atomic E-state index is 3.56. The molecule has 1 aliphatic carbocycles. The van der Waals surface area contributed by atoms with Crippen LogP contribution in [0.15, 0.2) is 36.4 Å². The maximum Gasteiger partial charge on any atom is -0.0159 e. The monoisotopic (exact) mass is 244 g/mol. The Morgan fingerprint density at radius 1 is 1.06 bits per heavy atom. The van der Waals surface area contributed by atoms with Gasteiger partial charge in [0.25, 0.3) is 0 Å². The quantitative estimate of drug-likeness (QED) is 0.542. The molecule has 1 fully saturated rings. The molecule has 0 bridgehead atoms. The molecule has 0 atom stereocenters. The first-order valence-corrected chi connectivity index (χ1v) is 7.18. The topological polar surface area (TPSA) is 0 Å². The van der Waals surface area contributed by atoms with Gasteiger partial charge in [0.15, 0.2) is 0 Å². The molecule has 0 nitrogen and oxygen atoms in total. The predicted octanol–water partition coefficient (Wildman–Crippen LogP) is 5.87. The summed E-state index contributed by atoms with van der Waals surface area (Å²) in [7, 11) is 0. The van der Waals surface area contributed by atoms with E-state index in [1.807, 2.05) is 13.8 Å². The molecule has 0 amide bonds. The minimum absolute atomic E-state index is 0.840. The highest BCUT2D eigenvalue weighted by molar-refractivity contribution is 5.29. The molecule has 2 rings (SSSR count). The number of hydrogen-bond acceptors (Lipinski definition) is 0. The number of rotatable bonds is 1. The van der Waals surface area contributed by atoms with Gasteiger partial charge in [-0.05, 0) is 56.6 Å². The van der Waals surface area contributed by atoms with E-state index >= 15 is 0 Å². The van der Waals surface area contributed by atoms with E-state index in [2.05, 4.69) is 44.7 Å². The van der Waals surface area contributed by atoms with Crippen LogP contribution in [-0.2, 0) is 0 Å². The smallest absolute Gasteiger partial charge is 0.0159 e. The Labute approximate surface area is 113 Å². The molecule has 100 valence electrons. The Balaban J connectivity index is 0.000000357. The fourth-order valence-electron chi connectivity index (χ4n) is 2.62. The lowest BCUT2D eigenvalue weighted by Gasteiger charge is -2.27. The summed E-state index contributed by atoms with van der Waals surface area (Å²) < 4.78 is 0. The first kappa shape index (κ1) is 15.0. The van der Waals surface area contributed by atoms with Gasteiger partial charge < -0.3 is 0 Å². The molecule has 1 aromatic rings. The zero-order valence-electron chi connectivity index (χ0n) is 12.5. The number of aryl methyl sites for hydroxylation is 1. The number of benzene rings is 1. The normalized spacial score (nSPS) is 22.9. The van der Waals surface area contributed by atoms with Crippen molar-refractivity contribution in [1.82, 2.24) is 0 Å². The maximum absolute atomic E-state index is 3.56. The van der Waals surface area contributed by atoms with Crippen molar-refractivity contribution in [1.29, 1.82) is 0 Å². The van der Waals surface area contributed by atoms with Gasteiger partial charge in [0.1, 0.15) is 0 Å². The Morgan fingerprint density at radius 3 is 2.06 bits per heavy atom. The molecule has 0 aromatic heterocycles. The van der Waals surface area contributed by atoms with Crippen LogP contribution in [0.1, 0.15) is 63.5 Å². The van der Waals surface area contributed by atoms with Crippen LogP contribution < -0.4 is 0 Å². The van der Waals surface area contributed by atoms with Crippen molar-refractivity contribution < 1.29 is 0 Å². The molecule has 0 radical (unpaired) electrons. The minimum atomic E-state index is 0.840. The molecule has 0 saturated heterocycles. The summed E-state index contributed by atoms with van der Waals surface area (Å²) in [6, 6.07) is 8.88. The lowest BCUT2D eigenvalue weighted by Crippen LogP contribution is -2.11. The van der Waals surface area contributed by atoms with Crippen molar-refractivity contribution in [2.45, 2.75) is 59.3 Å². The van der Waals surface area contributed by atoms with Crippen molar-refractivity contribution in [3.63, 3.8) is 0 Å². The summed E-state index contributed by atoms with van der Waals surface area (Å²) in [6.45, 7) is 12.1. The Hall–Kier alpha value is -1.04. The van der Waals surface area contributed by atoms with Gasteiger partial charge in [-0.25, -0.2) is 0 Å². The highest BCUT2D eigenvalue weighted by Crippen LogP contribution is 2.36. The molecule has 1 aromatic carbocycles. The molecule has 1 aliphatic rings. The molecule has 0 unspecified atom stereocenters. The fourth-order valence-corrected chi connectivity index (χ4v) is 2.62. The van der Waals surface area contributed by atoms with Gasteiger partial charge in [-0.3, -0.25) is 0 Å². The van der Waals surface area contributed by atoms with Crippen molar-refractivity contribution in [3.05, 3.63) is 47.5 Å². The second kappa shape index (κ2) is 7.41. The van der Waals surface area contributed by atoms with Crippen LogP contribution in [0.3, 0.4) is 0 Å². The molecule has 0 aliphatic heterocycles. The van der Waals surface area contributed by atoms with Crippen LogP contribution >= 0.6 is 0 Å². The van der Waals surface area contributed by atoms with E-state index in [1.165, 1.54) is 36.8 Å². The fraction of sp³-hybridized carbons (Fsp3) is 0.556. The molecule has 0 spiro atoms. The summed E-state index contributed by atoms with van der Waals surface area (Å²) in [5, 5.41) is 0. The molecule has 18 heavy (non-hydrogen) atoms. The molecular weight excluding hydrogens is 216 g/mol. The molecule has 1 saturated carbocycles. The zero-order chi connectivity index (χ0) is 13.5. The summed E-state index contributed by atoms with van der Waals surface area (Å²) >= 11 is 0. The van der Waals surface area contributed by atoms with Crippen LogP contribution in [0.5, 0.6) is 0 Å². The van der Waals surface area contributed by atoms with Gasteiger partial charge in [-0.2, -0.15) is 0 Å². The number of allylic oxidation sites excluding steroid dienone is 1. The highest BCUT2D eigenvalue weighted by Gasteiger charge is 2.20. The third-order valence-corrected chi connectivity index (χ3v) is 3.64. The first-order chi connectivity index (χ1) is 8.50. The second-order valence-electron chi connectivity index (χ2n) is 6.02. The van der Waals surface area contributed by atoms with Crippen molar-refractivity contribution in [2.24, 2.45) is 5.92 Å². The summed E-state index contributed by atoms with van der Waals surface area (Å²) in [4.78, 5) is 0. The molecule has 0 heteroatoms. The third kappa shape index (κ3) is 5.08. The van der Waals surface area contributed by atoms with Gasteiger partial charge >= 0.3 is 0 Å². The second-order valence-corrected chi connectivity index (χ2v) is 6.02. The van der Waals surface area contributed by atoms with E-state index in [0.29, 0.717) is 0 Å². The van der Waals surface area contributed by atoms with Crippen molar-refractivity contribution >= 4 is 0 Å². The van der Waals surface area contributed by atoms with Crippen LogP contribution in [0, 0.1) is 12.8 Å². The van der Waals surface area contributed by atoms with Crippen molar-refractivity contribution in [2.75, 3.05) is 0 Å². The molecular formula is C18H28. The molecule has 0 N–H and O–H groups in total. The highest BCUT2D eigenvalue weighted by atomic mass is 14.2. The van der Waals surface area contributed by atoms with Gasteiger partial charge in [0, 0.05) is 0 Å². The van der Waals surface area contributed by atoms with Crippen LogP contribution in [0.4, 0.5) is 0 Å². The minimum Gasteiger partial charge on any atom is -0.100 e. The molecule has 0 heterocycles. The Kier molecular flexibility index (Phi) is 6.18. The zero-order valence-corrected chi connectivity index (χ0v) is 12.5. The van der Waals surface area contributed by atoms with E-state index in [9.17, 15) is 0 Å². The Morgan fingerprint density at radius 2 is 1.56 bits per heavy atom. The average Bonchev–Trinajstić information content (AvgIpc) is 2.30.